The minimum Gasteiger partial charge on any atom is -0.397 e. The maximum atomic E-state index is 5.75. The van der Waals surface area contributed by atoms with Gasteiger partial charge in [-0.05, 0) is 32.0 Å². The summed E-state index contributed by atoms with van der Waals surface area (Å²) in [5.41, 5.74) is 13.6. The van der Waals surface area contributed by atoms with E-state index in [1.54, 1.807) is 0 Å². The number of aliphatic imine (C=N–C) groups is 1. The number of anilines is 2. The summed E-state index contributed by atoms with van der Waals surface area (Å²) in [4.78, 5) is 4.52. The predicted octanol–water partition coefficient (Wildman–Crippen LogP) is 1.40. The van der Waals surface area contributed by atoms with Crippen LogP contribution in [0.3, 0.4) is 0 Å². The zero-order chi connectivity index (χ0) is 11.0. The zero-order valence-corrected chi connectivity index (χ0v) is 10.2. The quantitative estimate of drug-likeness (QED) is 0.650. The third kappa shape index (κ3) is 2.22. The molecule has 16 heavy (non-hydrogen) atoms. The lowest BCUT2D eigenvalue weighted by Gasteiger charge is -2.09. The highest BCUT2D eigenvalue weighted by atomic mass is 35.5. The topological polar surface area (TPSA) is 76.4 Å². The van der Waals surface area contributed by atoms with Crippen molar-refractivity contribution in [2.75, 3.05) is 11.5 Å². The van der Waals surface area contributed by atoms with Gasteiger partial charge in [0.15, 0.2) is 0 Å². The van der Waals surface area contributed by atoms with Crippen LogP contribution in [0.15, 0.2) is 23.2 Å². The molecule has 4 nitrogen and oxygen atoms in total. The van der Waals surface area contributed by atoms with E-state index in [0.717, 1.165) is 11.4 Å². The number of hydrogen-bond donors (Lipinski definition) is 3. The Bertz CT molecular complexity index is 416. The van der Waals surface area contributed by atoms with E-state index in [2.05, 4.69) is 24.2 Å². The highest BCUT2D eigenvalue weighted by molar-refractivity contribution is 6.01. The fourth-order valence-electron chi connectivity index (χ4n) is 1.57. The molecule has 0 aliphatic carbocycles. The van der Waals surface area contributed by atoms with Gasteiger partial charge in [0.2, 0.25) is 0 Å². The number of nitrogens with two attached hydrogens (primary N) is 2. The number of amidine groups is 1. The molecule has 0 fully saturated rings. The molecular weight excluding hydrogens is 224 g/mol. The summed E-state index contributed by atoms with van der Waals surface area (Å²) in [6.45, 7) is 4.20. The Kier molecular flexibility index (Phi) is 3.65. The van der Waals surface area contributed by atoms with Crippen molar-refractivity contribution < 1.29 is 0 Å². The molecule has 1 aliphatic heterocycles. The average molecular weight is 241 g/mol. The van der Waals surface area contributed by atoms with E-state index in [1.165, 1.54) is 0 Å². The van der Waals surface area contributed by atoms with Crippen molar-refractivity contribution in [2.45, 2.75) is 25.9 Å². The first kappa shape index (κ1) is 12.6. The Morgan fingerprint density at radius 2 is 1.88 bits per heavy atom. The summed E-state index contributed by atoms with van der Waals surface area (Å²) in [5.74, 6) is 0.904. The number of halogens is 1. The SMILES string of the molecule is CC1N=C(c2ccc(N)c(N)c2)NC1C.Cl. The summed E-state index contributed by atoms with van der Waals surface area (Å²) in [6, 6.07) is 6.27. The molecular formula is C11H17ClN4. The van der Waals surface area contributed by atoms with Gasteiger partial charge in [-0.2, -0.15) is 0 Å². The van der Waals surface area contributed by atoms with Crippen molar-refractivity contribution in [3.63, 3.8) is 0 Å². The predicted molar refractivity (Wildman–Crippen MR) is 71.1 cm³/mol. The van der Waals surface area contributed by atoms with E-state index in [9.17, 15) is 0 Å². The number of rotatable bonds is 1. The van der Waals surface area contributed by atoms with Crippen molar-refractivity contribution in [3.8, 4) is 0 Å². The van der Waals surface area contributed by atoms with E-state index in [4.69, 9.17) is 11.5 Å². The summed E-state index contributed by atoms with van der Waals surface area (Å²) in [6.07, 6.45) is 0. The maximum absolute atomic E-state index is 5.75. The minimum atomic E-state index is 0. The number of nitrogens with one attached hydrogen (secondary N) is 1. The van der Waals surface area contributed by atoms with Gasteiger partial charge < -0.3 is 16.8 Å². The van der Waals surface area contributed by atoms with Crippen LogP contribution in [0.1, 0.15) is 19.4 Å². The van der Waals surface area contributed by atoms with Crippen LogP contribution in [0.25, 0.3) is 0 Å². The molecule has 1 heterocycles. The third-order valence-corrected chi connectivity index (χ3v) is 2.78. The third-order valence-electron chi connectivity index (χ3n) is 2.78. The number of nitrogen functional groups attached to an aromatic ring is 2. The summed E-state index contributed by atoms with van der Waals surface area (Å²) < 4.78 is 0. The zero-order valence-electron chi connectivity index (χ0n) is 9.40. The number of benzene rings is 1. The molecule has 0 aromatic heterocycles. The normalized spacial score (nSPS) is 23.2. The first-order valence-electron chi connectivity index (χ1n) is 5.07. The second-order valence-corrected chi connectivity index (χ2v) is 4.00. The summed E-state index contributed by atoms with van der Waals surface area (Å²) in [5, 5.41) is 3.32. The first-order chi connectivity index (χ1) is 7.08. The van der Waals surface area contributed by atoms with Gasteiger partial charge in [0.05, 0.1) is 17.4 Å². The fraction of sp³-hybridized carbons (Fsp3) is 0.364. The molecule has 0 saturated heterocycles. The van der Waals surface area contributed by atoms with Gasteiger partial charge in [0.25, 0.3) is 0 Å². The van der Waals surface area contributed by atoms with Crippen LogP contribution < -0.4 is 16.8 Å². The average Bonchev–Trinajstić information content (AvgIpc) is 2.52. The molecule has 5 heteroatoms. The molecule has 1 aromatic carbocycles. The Morgan fingerprint density at radius 3 is 2.38 bits per heavy atom. The Balaban J connectivity index is 0.00000128. The van der Waals surface area contributed by atoms with Gasteiger partial charge in [0, 0.05) is 11.6 Å². The van der Waals surface area contributed by atoms with Gasteiger partial charge >= 0.3 is 0 Å². The van der Waals surface area contributed by atoms with Crippen LogP contribution in [0.4, 0.5) is 11.4 Å². The van der Waals surface area contributed by atoms with E-state index >= 15 is 0 Å². The standard InChI is InChI=1S/C11H16N4.ClH/c1-6-7(2)15-11(14-6)8-3-4-9(12)10(13)5-8;/h3-7H,12-13H2,1-2H3,(H,14,15);1H. The Morgan fingerprint density at radius 1 is 1.19 bits per heavy atom. The van der Waals surface area contributed by atoms with Gasteiger partial charge in [-0.15, -0.1) is 12.4 Å². The van der Waals surface area contributed by atoms with E-state index in [1.807, 2.05) is 18.2 Å². The van der Waals surface area contributed by atoms with Gasteiger partial charge in [-0.3, -0.25) is 4.99 Å². The smallest absolute Gasteiger partial charge is 0.128 e. The lowest BCUT2D eigenvalue weighted by atomic mass is 10.1. The van der Waals surface area contributed by atoms with E-state index in [-0.39, 0.29) is 12.4 Å². The molecule has 0 bridgehead atoms. The van der Waals surface area contributed by atoms with Crippen molar-refractivity contribution in [3.05, 3.63) is 23.8 Å². The maximum Gasteiger partial charge on any atom is 0.128 e. The highest BCUT2D eigenvalue weighted by Crippen LogP contribution is 2.18. The fourth-order valence-corrected chi connectivity index (χ4v) is 1.57. The van der Waals surface area contributed by atoms with Crippen molar-refractivity contribution in [1.29, 1.82) is 0 Å². The van der Waals surface area contributed by atoms with Crippen LogP contribution in [-0.2, 0) is 0 Å². The molecule has 0 amide bonds. The van der Waals surface area contributed by atoms with E-state index in [0.29, 0.717) is 23.5 Å². The molecule has 5 N–H and O–H groups in total. The second-order valence-electron chi connectivity index (χ2n) is 4.00. The molecule has 0 spiro atoms. The molecule has 0 saturated carbocycles. The molecule has 2 rings (SSSR count). The lowest BCUT2D eigenvalue weighted by Crippen LogP contribution is -2.30. The largest absolute Gasteiger partial charge is 0.397 e. The summed E-state index contributed by atoms with van der Waals surface area (Å²) >= 11 is 0. The van der Waals surface area contributed by atoms with Gasteiger partial charge in [-0.25, -0.2) is 0 Å². The first-order valence-corrected chi connectivity index (χ1v) is 5.07. The second kappa shape index (κ2) is 4.61. The molecule has 88 valence electrons. The van der Waals surface area contributed by atoms with Crippen molar-refractivity contribution in [2.24, 2.45) is 4.99 Å². The van der Waals surface area contributed by atoms with Gasteiger partial charge in [-0.1, -0.05) is 0 Å². The van der Waals surface area contributed by atoms with Crippen molar-refractivity contribution >= 4 is 29.6 Å². The Hall–Kier alpha value is -1.42. The highest BCUT2D eigenvalue weighted by Gasteiger charge is 2.21. The molecule has 1 aromatic rings. The summed E-state index contributed by atoms with van der Waals surface area (Å²) in [7, 11) is 0. The van der Waals surface area contributed by atoms with Crippen LogP contribution in [0.5, 0.6) is 0 Å². The molecule has 2 unspecified atom stereocenters. The molecule has 2 atom stereocenters. The number of nitrogens with zero attached hydrogens (tertiary/aromatic N) is 1. The van der Waals surface area contributed by atoms with E-state index < -0.39 is 0 Å². The Labute approximate surface area is 102 Å². The van der Waals surface area contributed by atoms with Crippen LogP contribution in [-0.4, -0.2) is 17.9 Å². The minimum absolute atomic E-state index is 0. The molecule has 1 aliphatic rings. The van der Waals surface area contributed by atoms with Crippen molar-refractivity contribution in [1.82, 2.24) is 5.32 Å². The van der Waals surface area contributed by atoms with Crippen LogP contribution >= 0.6 is 12.4 Å². The van der Waals surface area contributed by atoms with Crippen LogP contribution in [0.2, 0.25) is 0 Å². The van der Waals surface area contributed by atoms with Gasteiger partial charge in [0.1, 0.15) is 5.84 Å². The lowest BCUT2D eigenvalue weighted by molar-refractivity contribution is 0.601. The number of hydrogen-bond acceptors (Lipinski definition) is 4. The van der Waals surface area contributed by atoms with Crippen LogP contribution in [0, 0.1) is 0 Å². The molecule has 0 radical (unpaired) electrons. The monoisotopic (exact) mass is 240 g/mol.